The molecule has 0 bridgehead atoms. The van der Waals surface area contributed by atoms with E-state index >= 15 is 0 Å². The third kappa shape index (κ3) is 6.31. The second-order valence-corrected chi connectivity index (χ2v) is 11.6. The second kappa shape index (κ2) is 13.0. The van der Waals surface area contributed by atoms with E-state index in [1.165, 1.54) is 4.68 Å². The zero-order valence-electron chi connectivity index (χ0n) is 24.5. The summed E-state index contributed by atoms with van der Waals surface area (Å²) in [6, 6.07) is 22.4. The fraction of sp³-hybridized carbons (Fsp3) is 0.206. The molecule has 1 aromatic heterocycles. The molecule has 4 aromatic carbocycles. The van der Waals surface area contributed by atoms with Gasteiger partial charge in [-0.05, 0) is 66.4 Å². The lowest BCUT2D eigenvalue weighted by atomic mass is 9.96. The highest BCUT2D eigenvalue weighted by Crippen LogP contribution is 2.36. The first kappa shape index (κ1) is 30.3. The number of hydrogen-bond acceptors (Lipinski definition) is 6. The number of halogens is 2. The molecule has 9 heteroatoms. The Hall–Kier alpha value is -4.14. The Morgan fingerprint density at radius 2 is 1.72 bits per heavy atom. The molecular weight excluding hydrogens is 630 g/mol. The number of hydrogen-bond donors (Lipinski definition) is 0. The molecule has 0 aliphatic carbocycles. The minimum absolute atomic E-state index is 0.186. The number of ether oxygens (including phenoxy) is 3. The molecule has 5 aromatic rings. The Bertz CT molecular complexity index is 1900. The van der Waals surface area contributed by atoms with Gasteiger partial charge in [-0.1, -0.05) is 71.7 Å². The largest absolute Gasteiger partial charge is 0.496 e. The van der Waals surface area contributed by atoms with Crippen LogP contribution in [0.1, 0.15) is 42.0 Å². The van der Waals surface area contributed by atoms with Gasteiger partial charge < -0.3 is 14.2 Å². The highest BCUT2D eigenvalue weighted by atomic mass is 79.9. The Balaban J connectivity index is 1.68. The van der Waals surface area contributed by atoms with E-state index in [2.05, 4.69) is 29.8 Å². The number of fused-ring (bicyclic) bond motifs is 1. The molecule has 0 amide bonds. The van der Waals surface area contributed by atoms with Crippen LogP contribution in [0, 0.1) is 6.92 Å². The molecule has 0 unspecified atom stereocenters. The summed E-state index contributed by atoms with van der Waals surface area (Å²) in [5.74, 6) is 2.35. The summed E-state index contributed by atoms with van der Waals surface area (Å²) in [6.45, 7) is 6.38. The van der Waals surface area contributed by atoms with Crippen LogP contribution in [0.3, 0.4) is 0 Å². The Kier molecular flexibility index (Phi) is 9.18. The minimum atomic E-state index is -0.293. The van der Waals surface area contributed by atoms with Crippen molar-refractivity contribution in [3.63, 3.8) is 0 Å². The van der Waals surface area contributed by atoms with E-state index in [0.717, 1.165) is 32.5 Å². The summed E-state index contributed by atoms with van der Waals surface area (Å²) >= 11 is 9.93. The molecular formula is C34H31BrClN3O4. The van der Waals surface area contributed by atoms with Crippen LogP contribution in [0.2, 0.25) is 5.02 Å². The van der Waals surface area contributed by atoms with Crippen molar-refractivity contribution >= 4 is 44.6 Å². The van der Waals surface area contributed by atoms with E-state index in [-0.39, 0.29) is 18.1 Å². The number of para-hydroxylation sites is 1. The van der Waals surface area contributed by atoms with E-state index in [0.29, 0.717) is 38.8 Å². The minimum Gasteiger partial charge on any atom is -0.496 e. The molecule has 0 atom stereocenters. The SMILES string of the molecule is COc1cc(C)c(-c2nc3ccccc3c(=O)n2N=Cc2cc(Br)cc(OC)c2OCc2ccccc2Cl)cc1C(C)C. The lowest BCUT2D eigenvalue weighted by Crippen LogP contribution is -2.21. The fourth-order valence-corrected chi connectivity index (χ4v) is 5.49. The molecule has 220 valence electrons. The van der Waals surface area contributed by atoms with Crippen LogP contribution in [0.25, 0.3) is 22.3 Å². The van der Waals surface area contributed by atoms with Crippen molar-refractivity contribution in [1.29, 1.82) is 0 Å². The van der Waals surface area contributed by atoms with Crippen molar-refractivity contribution in [2.45, 2.75) is 33.3 Å². The first-order valence-electron chi connectivity index (χ1n) is 13.7. The van der Waals surface area contributed by atoms with E-state index in [1.54, 1.807) is 26.5 Å². The number of benzene rings is 4. The summed E-state index contributed by atoms with van der Waals surface area (Å²) < 4.78 is 19.6. The van der Waals surface area contributed by atoms with Crippen molar-refractivity contribution < 1.29 is 14.2 Å². The van der Waals surface area contributed by atoms with Gasteiger partial charge in [0.05, 0.1) is 31.3 Å². The Morgan fingerprint density at radius 1 is 1.00 bits per heavy atom. The zero-order valence-corrected chi connectivity index (χ0v) is 26.9. The number of aromatic nitrogens is 2. The first-order chi connectivity index (χ1) is 20.7. The summed E-state index contributed by atoms with van der Waals surface area (Å²) in [5, 5.41) is 5.77. The number of rotatable bonds is 9. The van der Waals surface area contributed by atoms with Crippen molar-refractivity contribution in [2.75, 3.05) is 14.2 Å². The maximum atomic E-state index is 13.9. The average Bonchev–Trinajstić information content (AvgIpc) is 3.00. The second-order valence-electron chi connectivity index (χ2n) is 10.3. The highest BCUT2D eigenvalue weighted by molar-refractivity contribution is 9.10. The van der Waals surface area contributed by atoms with Gasteiger partial charge in [-0.2, -0.15) is 9.78 Å². The third-order valence-corrected chi connectivity index (χ3v) is 7.93. The molecule has 1 heterocycles. The number of aryl methyl sites for hydroxylation is 1. The normalized spacial score (nSPS) is 11.4. The topological polar surface area (TPSA) is 74.9 Å². The van der Waals surface area contributed by atoms with E-state index in [1.807, 2.05) is 73.7 Å². The highest BCUT2D eigenvalue weighted by Gasteiger charge is 2.19. The first-order valence-corrected chi connectivity index (χ1v) is 14.9. The predicted octanol–water partition coefficient (Wildman–Crippen LogP) is 8.39. The van der Waals surface area contributed by atoms with Crippen LogP contribution in [0.15, 0.2) is 87.2 Å². The van der Waals surface area contributed by atoms with Crippen LogP contribution in [-0.4, -0.2) is 30.1 Å². The van der Waals surface area contributed by atoms with E-state index < -0.39 is 0 Å². The summed E-state index contributed by atoms with van der Waals surface area (Å²) in [6.07, 6.45) is 1.58. The van der Waals surface area contributed by atoms with Gasteiger partial charge in [0.1, 0.15) is 12.4 Å². The molecule has 0 fully saturated rings. The molecule has 7 nitrogen and oxygen atoms in total. The molecule has 0 aliphatic rings. The van der Waals surface area contributed by atoms with Crippen molar-refractivity contribution in [3.05, 3.63) is 115 Å². The molecule has 5 rings (SSSR count). The van der Waals surface area contributed by atoms with Gasteiger partial charge in [0.15, 0.2) is 17.3 Å². The predicted molar refractivity (Wildman–Crippen MR) is 176 cm³/mol. The lowest BCUT2D eigenvalue weighted by Gasteiger charge is -2.18. The van der Waals surface area contributed by atoms with Crippen molar-refractivity contribution in [2.24, 2.45) is 5.10 Å². The van der Waals surface area contributed by atoms with Crippen molar-refractivity contribution in [1.82, 2.24) is 9.66 Å². The van der Waals surface area contributed by atoms with Crippen molar-refractivity contribution in [3.8, 4) is 28.6 Å². The Morgan fingerprint density at radius 3 is 2.44 bits per heavy atom. The maximum Gasteiger partial charge on any atom is 0.282 e. The van der Waals surface area contributed by atoms with Gasteiger partial charge >= 0.3 is 0 Å². The van der Waals surface area contributed by atoms with Gasteiger partial charge in [0, 0.05) is 26.2 Å². The van der Waals surface area contributed by atoms with Gasteiger partial charge in [-0.25, -0.2) is 4.98 Å². The van der Waals surface area contributed by atoms with Crippen LogP contribution in [0.4, 0.5) is 0 Å². The van der Waals surface area contributed by atoms with Crippen LogP contribution < -0.4 is 19.8 Å². The zero-order chi connectivity index (χ0) is 30.7. The summed E-state index contributed by atoms with van der Waals surface area (Å²) in [7, 11) is 3.23. The van der Waals surface area contributed by atoms with Crippen LogP contribution >= 0.6 is 27.5 Å². The van der Waals surface area contributed by atoms with E-state index in [9.17, 15) is 4.79 Å². The third-order valence-electron chi connectivity index (χ3n) is 7.10. The standard InChI is InChI=1S/C34H31BrClN3O4/c1-20(2)26-17-27(21(3)14-30(26)41-4)33-38-29-13-9-7-11-25(29)34(40)39(33)37-18-23-15-24(35)16-31(42-5)32(23)43-19-22-10-6-8-12-28(22)36/h6-18,20H,19H2,1-5H3. The molecule has 0 saturated carbocycles. The Labute approximate surface area is 263 Å². The summed E-state index contributed by atoms with van der Waals surface area (Å²) in [5.41, 5.74) is 4.41. The molecule has 0 radical (unpaired) electrons. The summed E-state index contributed by atoms with van der Waals surface area (Å²) in [4.78, 5) is 18.8. The van der Waals surface area contributed by atoms with Gasteiger partial charge in [0.2, 0.25) is 0 Å². The fourth-order valence-electron chi connectivity index (χ4n) is 4.85. The molecule has 0 spiro atoms. The molecule has 43 heavy (non-hydrogen) atoms. The quantitative estimate of drug-likeness (QED) is 0.149. The van der Waals surface area contributed by atoms with E-state index in [4.69, 9.17) is 35.9 Å². The monoisotopic (exact) mass is 659 g/mol. The molecule has 0 saturated heterocycles. The average molecular weight is 661 g/mol. The molecule has 0 N–H and O–H groups in total. The van der Waals surface area contributed by atoms with Gasteiger partial charge in [0.25, 0.3) is 5.56 Å². The lowest BCUT2D eigenvalue weighted by molar-refractivity contribution is 0.284. The van der Waals surface area contributed by atoms with Crippen LogP contribution in [0.5, 0.6) is 17.2 Å². The van der Waals surface area contributed by atoms with Crippen LogP contribution in [-0.2, 0) is 6.61 Å². The van der Waals surface area contributed by atoms with Gasteiger partial charge in [-0.3, -0.25) is 4.79 Å². The molecule has 0 aliphatic heterocycles. The maximum absolute atomic E-state index is 13.9. The number of methoxy groups -OCH3 is 2. The number of nitrogens with zero attached hydrogens (tertiary/aromatic N) is 3. The van der Waals surface area contributed by atoms with Gasteiger partial charge in [-0.15, -0.1) is 0 Å². The smallest absolute Gasteiger partial charge is 0.282 e.